The highest BCUT2D eigenvalue weighted by Crippen LogP contribution is 2.34. The zero-order valence-electron chi connectivity index (χ0n) is 14.5. The van der Waals surface area contributed by atoms with Gasteiger partial charge in [-0.3, -0.25) is 0 Å². The quantitative estimate of drug-likeness (QED) is 0.723. The highest BCUT2D eigenvalue weighted by Gasteiger charge is 2.33. The maximum Gasteiger partial charge on any atom is 0.322 e. The average Bonchev–Trinajstić information content (AvgIpc) is 3.10. The van der Waals surface area contributed by atoms with Gasteiger partial charge >= 0.3 is 6.03 Å². The molecule has 1 aliphatic heterocycles. The van der Waals surface area contributed by atoms with E-state index in [4.69, 9.17) is 0 Å². The van der Waals surface area contributed by atoms with Gasteiger partial charge in [0, 0.05) is 36.2 Å². The van der Waals surface area contributed by atoms with Crippen LogP contribution in [0.2, 0.25) is 0 Å². The first-order valence-corrected chi connectivity index (χ1v) is 8.67. The molecule has 2 amide bonds. The lowest BCUT2D eigenvalue weighted by Crippen LogP contribution is -2.44. The Bertz CT molecular complexity index is 950. The van der Waals surface area contributed by atoms with Gasteiger partial charge in [0.1, 0.15) is 11.9 Å². The first kappa shape index (κ1) is 16.4. The summed E-state index contributed by atoms with van der Waals surface area (Å²) in [5, 5.41) is 2.95. The molecule has 0 aliphatic carbocycles. The van der Waals surface area contributed by atoms with Crippen molar-refractivity contribution in [1.29, 1.82) is 0 Å². The molecule has 0 saturated heterocycles. The average molecular weight is 349 g/mol. The zero-order valence-corrected chi connectivity index (χ0v) is 14.5. The number of aryl methyl sites for hydroxylation is 1. The van der Waals surface area contributed by atoms with Gasteiger partial charge in [0.2, 0.25) is 0 Å². The molecule has 3 aromatic rings. The smallest absolute Gasteiger partial charge is 0.322 e. The van der Waals surface area contributed by atoms with Crippen LogP contribution < -0.4 is 5.32 Å². The topological polar surface area (TPSA) is 37.3 Å². The number of urea groups is 1. The lowest BCUT2D eigenvalue weighted by molar-refractivity contribution is 0.180. The van der Waals surface area contributed by atoms with Gasteiger partial charge in [-0.05, 0) is 42.8 Å². The predicted octanol–water partition coefficient (Wildman–Crippen LogP) is 4.57. The van der Waals surface area contributed by atoms with E-state index >= 15 is 0 Å². The van der Waals surface area contributed by atoms with Crippen LogP contribution in [0, 0.1) is 12.7 Å². The molecule has 0 bridgehead atoms. The summed E-state index contributed by atoms with van der Waals surface area (Å²) in [5.41, 5.74) is 3.23. The Balaban J connectivity index is 1.70. The van der Waals surface area contributed by atoms with Crippen molar-refractivity contribution in [2.24, 2.45) is 0 Å². The molecule has 1 N–H and O–H groups in total. The standard InChI is InChI=1S/C21H20FN3O/c1-15-6-4-7-16(14-15)23-21(26)25-13-12-24-11-5-10-19(24)20(25)17-8-2-3-9-18(17)22/h2-11,14,20H,12-13H2,1H3,(H,23,26)/t20-/m1/s1. The van der Waals surface area contributed by atoms with E-state index in [9.17, 15) is 9.18 Å². The summed E-state index contributed by atoms with van der Waals surface area (Å²) in [7, 11) is 0. The second-order valence-electron chi connectivity index (χ2n) is 6.54. The molecule has 2 aromatic carbocycles. The normalized spacial score (nSPS) is 16.2. The van der Waals surface area contributed by atoms with Crippen LogP contribution in [0.1, 0.15) is 22.9 Å². The summed E-state index contributed by atoms with van der Waals surface area (Å²) in [6.45, 7) is 3.18. The van der Waals surface area contributed by atoms with Crippen molar-refractivity contribution < 1.29 is 9.18 Å². The third kappa shape index (κ3) is 2.96. The molecule has 2 heterocycles. The van der Waals surface area contributed by atoms with Crippen LogP contribution in [-0.2, 0) is 6.54 Å². The number of nitrogens with zero attached hydrogens (tertiary/aromatic N) is 2. The lowest BCUT2D eigenvalue weighted by Gasteiger charge is -2.37. The number of benzene rings is 2. The number of aromatic nitrogens is 1. The highest BCUT2D eigenvalue weighted by molar-refractivity contribution is 5.90. The summed E-state index contributed by atoms with van der Waals surface area (Å²) in [4.78, 5) is 14.7. The minimum absolute atomic E-state index is 0.226. The van der Waals surface area contributed by atoms with Gasteiger partial charge in [-0.1, -0.05) is 30.3 Å². The van der Waals surface area contributed by atoms with Gasteiger partial charge in [0.15, 0.2) is 0 Å². The second-order valence-corrected chi connectivity index (χ2v) is 6.54. The van der Waals surface area contributed by atoms with Crippen LogP contribution in [0.25, 0.3) is 0 Å². The molecule has 0 radical (unpaired) electrons. The summed E-state index contributed by atoms with van der Waals surface area (Å²) < 4.78 is 16.6. The molecular weight excluding hydrogens is 329 g/mol. The number of amides is 2. The minimum atomic E-state index is -0.454. The molecular formula is C21H20FN3O. The van der Waals surface area contributed by atoms with Gasteiger partial charge in [0.05, 0.1) is 0 Å². The second kappa shape index (κ2) is 6.67. The maximum atomic E-state index is 14.5. The van der Waals surface area contributed by atoms with E-state index in [1.54, 1.807) is 23.1 Å². The Hall–Kier alpha value is -3.08. The van der Waals surface area contributed by atoms with Gasteiger partial charge in [-0.15, -0.1) is 0 Å². The number of nitrogens with one attached hydrogen (secondary N) is 1. The maximum absolute atomic E-state index is 14.5. The largest absolute Gasteiger partial charge is 0.348 e. The highest BCUT2D eigenvalue weighted by atomic mass is 19.1. The van der Waals surface area contributed by atoms with Crippen molar-refractivity contribution in [3.05, 3.63) is 89.5 Å². The fourth-order valence-corrected chi connectivity index (χ4v) is 3.54. The van der Waals surface area contributed by atoms with E-state index in [1.807, 2.05) is 49.5 Å². The summed E-state index contributed by atoms with van der Waals surface area (Å²) >= 11 is 0. The third-order valence-corrected chi connectivity index (χ3v) is 4.77. The van der Waals surface area contributed by atoms with Crippen molar-refractivity contribution in [1.82, 2.24) is 9.47 Å². The zero-order chi connectivity index (χ0) is 18.1. The molecule has 4 nitrogen and oxygen atoms in total. The number of carbonyl (C=O) groups excluding carboxylic acids is 1. The van der Waals surface area contributed by atoms with E-state index in [2.05, 4.69) is 9.88 Å². The fraction of sp³-hybridized carbons (Fsp3) is 0.190. The van der Waals surface area contributed by atoms with Crippen LogP contribution in [0.4, 0.5) is 14.9 Å². The molecule has 0 saturated carbocycles. The van der Waals surface area contributed by atoms with E-state index in [-0.39, 0.29) is 11.8 Å². The van der Waals surface area contributed by atoms with Crippen molar-refractivity contribution in [3.63, 3.8) is 0 Å². The van der Waals surface area contributed by atoms with E-state index < -0.39 is 6.04 Å². The Morgan fingerprint density at radius 3 is 2.73 bits per heavy atom. The summed E-state index contributed by atoms with van der Waals surface area (Å²) in [6.07, 6.45) is 1.97. The Kier molecular flexibility index (Phi) is 4.21. The molecule has 0 spiro atoms. The van der Waals surface area contributed by atoms with Crippen LogP contribution >= 0.6 is 0 Å². The number of hydrogen-bond donors (Lipinski definition) is 1. The molecule has 0 fully saturated rings. The van der Waals surface area contributed by atoms with Crippen molar-refractivity contribution >= 4 is 11.7 Å². The van der Waals surface area contributed by atoms with Crippen LogP contribution in [0.3, 0.4) is 0 Å². The first-order chi connectivity index (χ1) is 12.6. The summed E-state index contributed by atoms with van der Waals surface area (Å²) in [5.74, 6) is -0.305. The fourth-order valence-electron chi connectivity index (χ4n) is 3.54. The molecule has 1 aromatic heterocycles. The Morgan fingerprint density at radius 2 is 1.92 bits per heavy atom. The SMILES string of the molecule is Cc1cccc(NC(=O)N2CCn3cccc3[C@H]2c2ccccc2F)c1. The predicted molar refractivity (Wildman–Crippen MR) is 99.6 cm³/mol. The number of anilines is 1. The van der Waals surface area contributed by atoms with Crippen LogP contribution in [0.5, 0.6) is 0 Å². The molecule has 1 aliphatic rings. The number of carbonyl (C=O) groups is 1. The van der Waals surface area contributed by atoms with Gasteiger partial charge in [-0.25, -0.2) is 9.18 Å². The molecule has 132 valence electrons. The monoisotopic (exact) mass is 349 g/mol. The first-order valence-electron chi connectivity index (χ1n) is 8.67. The van der Waals surface area contributed by atoms with E-state index in [1.165, 1.54) is 6.07 Å². The Labute approximate surface area is 151 Å². The van der Waals surface area contributed by atoms with Crippen molar-refractivity contribution in [3.8, 4) is 0 Å². The molecule has 26 heavy (non-hydrogen) atoms. The van der Waals surface area contributed by atoms with Gasteiger partial charge in [0.25, 0.3) is 0 Å². The van der Waals surface area contributed by atoms with Crippen molar-refractivity contribution in [2.45, 2.75) is 19.5 Å². The van der Waals surface area contributed by atoms with Crippen LogP contribution in [0.15, 0.2) is 66.9 Å². The lowest BCUT2D eigenvalue weighted by atomic mass is 9.99. The van der Waals surface area contributed by atoms with E-state index in [0.717, 1.165) is 16.9 Å². The molecule has 5 heteroatoms. The molecule has 1 atom stereocenters. The van der Waals surface area contributed by atoms with Crippen molar-refractivity contribution in [2.75, 3.05) is 11.9 Å². The Morgan fingerprint density at radius 1 is 1.08 bits per heavy atom. The minimum Gasteiger partial charge on any atom is -0.348 e. The number of fused-ring (bicyclic) bond motifs is 1. The van der Waals surface area contributed by atoms with Crippen LogP contribution in [-0.4, -0.2) is 22.0 Å². The number of rotatable bonds is 2. The molecule has 0 unspecified atom stereocenters. The number of halogens is 1. The van der Waals surface area contributed by atoms with E-state index in [0.29, 0.717) is 18.7 Å². The van der Waals surface area contributed by atoms with Gasteiger partial charge in [-0.2, -0.15) is 0 Å². The third-order valence-electron chi connectivity index (χ3n) is 4.77. The van der Waals surface area contributed by atoms with Gasteiger partial charge < -0.3 is 14.8 Å². The molecule has 4 rings (SSSR count). The number of hydrogen-bond acceptors (Lipinski definition) is 1. The summed E-state index contributed by atoms with van der Waals surface area (Å²) in [6, 6.07) is 17.5.